The van der Waals surface area contributed by atoms with Gasteiger partial charge in [0.05, 0.1) is 11.2 Å². The molecule has 3 aromatic heterocycles. The lowest BCUT2D eigenvalue weighted by Gasteiger charge is -2.30. The van der Waals surface area contributed by atoms with Crippen molar-refractivity contribution in [3.8, 4) is 22.3 Å². The molecular weight excluding hydrogens is 422 g/mol. The molecule has 0 atom stereocenters. The number of nitrogens with zero attached hydrogens (tertiary/aromatic N) is 4. The normalized spacial score (nSPS) is 14.3. The molecule has 1 saturated heterocycles. The van der Waals surface area contributed by atoms with Crippen LogP contribution >= 0.6 is 0 Å². The van der Waals surface area contributed by atoms with Crippen LogP contribution in [0.5, 0.6) is 0 Å². The Kier molecular flexibility index (Phi) is 4.73. The third-order valence-electron chi connectivity index (χ3n) is 6.15. The minimum Gasteiger partial charge on any atom is -0.367 e. The average molecular weight is 442 g/mol. The van der Waals surface area contributed by atoms with Gasteiger partial charge in [-0.1, -0.05) is 6.07 Å². The van der Waals surface area contributed by atoms with E-state index in [9.17, 15) is 8.78 Å². The topological polar surface area (TPSA) is 69.7 Å². The molecule has 0 bridgehead atoms. The number of hydrogen-bond acceptors (Lipinski definition) is 5. The van der Waals surface area contributed by atoms with E-state index in [1.165, 1.54) is 12.4 Å². The SMILES string of the molecule is Fc1cc(-c2cnc3[nH]cc(-c4ccc5ncncc5c4)c3c2)cc(N2CCNCC2)c1F. The number of aromatic nitrogens is 4. The Hall–Kier alpha value is -3.91. The lowest BCUT2D eigenvalue weighted by atomic mass is 10.0. The van der Waals surface area contributed by atoms with Gasteiger partial charge in [-0.3, -0.25) is 0 Å². The largest absolute Gasteiger partial charge is 0.367 e. The maximum Gasteiger partial charge on any atom is 0.182 e. The standard InChI is InChI=1S/C25H20F2N6/c26-21-9-16(10-23(24(21)27)33-5-3-28-4-6-33)17-8-19-20(13-31-25(19)30-12-17)15-1-2-22-18(7-15)11-29-14-32-22/h1-2,7-14,28H,3-6H2,(H,30,31). The summed E-state index contributed by atoms with van der Waals surface area (Å²) < 4.78 is 29.2. The van der Waals surface area contributed by atoms with Crippen LogP contribution in [0.1, 0.15) is 0 Å². The molecule has 1 fully saturated rings. The number of piperazine rings is 1. The van der Waals surface area contributed by atoms with Gasteiger partial charge in [0.2, 0.25) is 0 Å². The van der Waals surface area contributed by atoms with Crippen molar-refractivity contribution in [3.63, 3.8) is 0 Å². The molecular formula is C25H20F2N6. The predicted molar refractivity (Wildman–Crippen MR) is 125 cm³/mol. The van der Waals surface area contributed by atoms with Gasteiger partial charge < -0.3 is 15.2 Å². The Morgan fingerprint density at radius 3 is 2.64 bits per heavy atom. The molecule has 6 nitrogen and oxygen atoms in total. The quantitative estimate of drug-likeness (QED) is 0.430. The van der Waals surface area contributed by atoms with Gasteiger partial charge >= 0.3 is 0 Å². The van der Waals surface area contributed by atoms with Crippen LogP contribution in [0.2, 0.25) is 0 Å². The number of anilines is 1. The number of aromatic amines is 1. The molecule has 1 aliphatic heterocycles. The number of nitrogens with one attached hydrogen (secondary N) is 2. The van der Waals surface area contributed by atoms with E-state index in [1.54, 1.807) is 18.5 Å². The number of pyridine rings is 1. The van der Waals surface area contributed by atoms with E-state index in [-0.39, 0.29) is 5.69 Å². The van der Waals surface area contributed by atoms with Crippen LogP contribution in [0, 0.1) is 11.6 Å². The van der Waals surface area contributed by atoms with E-state index >= 15 is 0 Å². The van der Waals surface area contributed by atoms with Gasteiger partial charge in [0, 0.05) is 66.7 Å². The summed E-state index contributed by atoms with van der Waals surface area (Å²) in [4.78, 5) is 18.0. The molecule has 2 aromatic carbocycles. The molecule has 5 aromatic rings. The van der Waals surface area contributed by atoms with Crippen molar-refractivity contribution < 1.29 is 8.78 Å². The summed E-state index contributed by atoms with van der Waals surface area (Å²) in [5.74, 6) is -1.67. The number of rotatable bonds is 3. The number of halogens is 2. The Balaban J connectivity index is 1.45. The highest BCUT2D eigenvalue weighted by atomic mass is 19.2. The molecule has 0 unspecified atom stereocenters. The van der Waals surface area contributed by atoms with E-state index in [0.717, 1.165) is 51.7 Å². The summed E-state index contributed by atoms with van der Waals surface area (Å²) in [6.07, 6.45) is 6.90. The number of hydrogen-bond donors (Lipinski definition) is 2. The summed E-state index contributed by atoms with van der Waals surface area (Å²) in [6, 6.07) is 10.9. The first-order chi connectivity index (χ1) is 16.2. The molecule has 6 rings (SSSR count). The van der Waals surface area contributed by atoms with Crippen LogP contribution in [0.25, 0.3) is 44.2 Å². The van der Waals surface area contributed by atoms with E-state index in [4.69, 9.17) is 0 Å². The van der Waals surface area contributed by atoms with Crippen LogP contribution in [-0.4, -0.2) is 46.1 Å². The zero-order chi connectivity index (χ0) is 22.4. The maximum absolute atomic E-state index is 14.6. The van der Waals surface area contributed by atoms with Gasteiger partial charge in [-0.15, -0.1) is 0 Å². The molecule has 0 spiro atoms. The molecule has 0 aliphatic carbocycles. The minimum absolute atomic E-state index is 0.287. The van der Waals surface area contributed by atoms with Crippen molar-refractivity contribution in [1.29, 1.82) is 0 Å². The van der Waals surface area contributed by atoms with Gasteiger partial charge in [-0.2, -0.15) is 0 Å². The highest BCUT2D eigenvalue weighted by Gasteiger charge is 2.20. The first kappa shape index (κ1) is 19.8. The van der Waals surface area contributed by atoms with Crippen molar-refractivity contribution in [2.45, 2.75) is 0 Å². The van der Waals surface area contributed by atoms with Crippen molar-refractivity contribution in [2.75, 3.05) is 31.1 Å². The molecule has 8 heteroatoms. The van der Waals surface area contributed by atoms with E-state index in [0.29, 0.717) is 18.7 Å². The minimum atomic E-state index is -0.857. The summed E-state index contributed by atoms with van der Waals surface area (Å²) in [5.41, 5.74) is 5.16. The molecule has 0 radical (unpaired) electrons. The second kappa shape index (κ2) is 7.90. The van der Waals surface area contributed by atoms with Crippen molar-refractivity contribution in [2.24, 2.45) is 0 Å². The Morgan fingerprint density at radius 2 is 1.76 bits per heavy atom. The monoisotopic (exact) mass is 442 g/mol. The van der Waals surface area contributed by atoms with Gasteiger partial charge in [0.25, 0.3) is 0 Å². The average Bonchev–Trinajstić information content (AvgIpc) is 3.29. The summed E-state index contributed by atoms with van der Waals surface area (Å²) >= 11 is 0. The fourth-order valence-corrected chi connectivity index (χ4v) is 4.43. The van der Waals surface area contributed by atoms with Crippen LogP contribution < -0.4 is 10.2 Å². The zero-order valence-corrected chi connectivity index (χ0v) is 17.6. The maximum atomic E-state index is 14.6. The van der Waals surface area contributed by atoms with E-state index in [2.05, 4.69) is 25.3 Å². The van der Waals surface area contributed by atoms with Crippen LogP contribution in [0.4, 0.5) is 14.5 Å². The Labute approximate surface area is 188 Å². The second-order valence-corrected chi connectivity index (χ2v) is 8.15. The Bertz CT molecular complexity index is 1490. The number of benzene rings is 2. The van der Waals surface area contributed by atoms with Crippen molar-refractivity contribution in [1.82, 2.24) is 25.3 Å². The van der Waals surface area contributed by atoms with Crippen LogP contribution in [0.3, 0.4) is 0 Å². The fraction of sp³-hybridized carbons (Fsp3) is 0.160. The number of fused-ring (bicyclic) bond motifs is 2. The van der Waals surface area contributed by atoms with Crippen LogP contribution in [0.15, 0.2) is 61.3 Å². The van der Waals surface area contributed by atoms with Crippen molar-refractivity contribution >= 4 is 27.6 Å². The Morgan fingerprint density at radius 1 is 0.879 bits per heavy atom. The van der Waals surface area contributed by atoms with E-state index in [1.807, 2.05) is 35.4 Å². The summed E-state index contributed by atoms with van der Waals surface area (Å²) in [7, 11) is 0. The smallest absolute Gasteiger partial charge is 0.182 e. The lowest BCUT2D eigenvalue weighted by molar-refractivity contribution is 0.500. The van der Waals surface area contributed by atoms with Gasteiger partial charge in [0.15, 0.2) is 11.6 Å². The van der Waals surface area contributed by atoms with Gasteiger partial charge in [-0.25, -0.2) is 23.7 Å². The molecule has 4 heterocycles. The third kappa shape index (κ3) is 3.48. The predicted octanol–water partition coefficient (Wildman–Crippen LogP) is 4.53. The molecule has 33 heavy (non-hydrogen) atoms. The zero-order valence-electron chi connectivity index (χ0n) is 17.6. The van der Waals surface area contributed by atoms with Gasteiger partial charge in [-0.05, 0) is 41.5 Å². The van der Waals surface area contributed by atoms with Gasteiger partial charge in [0.1, 0.15) is 12.0 Å². The highest BCUT2D eigenvalue weighted by molar-refractivity contribution is 5.98. The first-order valence-corrected chi connectivity index (χ1v) is 10.8. The first-order valence-electron chi connectivity index (χ1n) is 10.8. The highest BCUT2D eigenvalue weighted by Crippen LogP contribution is 2.34. The second-order valence-electron chi connectivity index (χ2n) is 8.15. The summed E-state index contributed by atoms with van der Waals surface area (Å²) in [5, 5.41) is 5.08. The summed E-state index contributed by atoms with van der Waals surface area (Å²) in [6.45, 7) is 2.74. The van der Waals surface area contributed by atoms with Crippen LogP contribution in [-0.2, 0) is 0 Å². The number of H-pyrrole nitrogens is 1. The molecule has 164 valence electrons. The lowest BCUT2D eigenvalue weighted by Crippen LogP contribution is -2.44. The van der Waals surface area contributed by atoms with Crippen molar-refractivity contribution in [3.05, 3.63) is 73.0 Å². The molecule has 1 aliphatic rings. The van der Waals surface area contributed by atoms with E-state index < -0.39 is 11.6 Å². The fourth-order valence-electron chi connectivity index (χ4n) is 4.43. The molecule has 0 amide bonds. The molecule has 0 saturated carbocycles. The third-order valence-corrected chi connectivity index (χ3v) is 6.15. The molecule has 2 N–H and O–H groups in total.